The van der Waals surface area contributed by atoms with Crippen LogP contribution in [0.1, 0.15) is 58.3 Å². The van der Waals surface area contributed by atoms with Gasteiger partial charge in [0.1, 0.15) is 17.0 Å². The molecule has 0 aromatic heterocycles. The van der Waals surface area contributed by atoms with Gasteiger partial charge in [-0.05, 0) is 83.0 Å². The molecule has 0 atom stereocenters. The van der Waals surface area contributed by atoms with Crippen LogP contribution in [0, 0.1) is 0 Å². The normalized spacial score (nSPS) is 11.6. The number of carbonyl (C=O) groups excluding carboxylic acids is 3. The summed E-state index contributed by atoms with van der Waals surface area (Å²) in [5.41, 5.74) is -0.0594. The summed E-state index contributed by atoms with van der Waals surface area (Å²) >= 11 is 0. The van der Waals surface area contributed by atoms with Gasteiger partial charge in [-0.2, -0.15) is 0 Å². The van der Waals surface area contributed by atoms with Crippen LogP contribution in [0.15, 0.2) is 30.3 Å². The maximum Gasteiger partial charge on any atom is 0.419 e. The topological polar surface area (TPSA) is 85.4 Å². The standard InChI is InChI=1S/C26H36N2O6/c1-25(2,3)33-23(30)28(24(31)34-26(4,5)6)12-9-13-32-22-16-19-15-21(27(7)8)11-10-18(19)14-20(22)17-29/h10-11,14-17H,9,12-13H2,1-8H3. The van der Waals surface area contributed by atoms with Crippen molar-refractivity contribution in [3.63, 3.8) is 0 Å². The number of fused-ring (bicyclic) bond motifs is 1. The molecule has 0 aliphatic heterocycles. The van der Waals surface area contributed by atoms with E-state index in [1.807, 2.05) is 43.3 Å². The Balaban J connectivity index is 2.13. The van der Waals surface area contributed by atoms with E-state index in [-0.39, 0.29) is 13.2 Å². The van der Waals surface area contributed by atoms with E-state index in [2.05, 4.69) is 0 Å². The maximum absolute atomic E-state index is 12.6. The van der Waals surface area contributed by atoms with E-state index in [0.29, 0.717) is 17.7 Å². The molecule has 0 spiro atoms. The Kier molecular flexibility index (Phi) is 8.53. The van der Waals surface area contributed by atoms with Crippen molar-refractivity contribution in [2.75, 3.05) is 32.1 Å². The molecule has 0 N–H and O–H groups in total. The van der Waals surface area contributed by atoms with Crippen LogP contribution in [0.5, 0.6) is 5.75 Å². The number of ether oxygens (including phenoxy) is 3. The van der Waals surface area contributed by atoms with Crippen LogP contribution in [0.25, 0.3) is 10.8 Å². The number of amides is 2. The summed E-state index contributed by atoms with van der Waals surface area (Å²) in [6, 6.07) is 9.57. The highest BCUT2D eigenvalue weighted by Crippen LogP contribution is 2.28. The van der Waals surface area contributed by atoms with Gasteiger partial charge in [0.2, 0.25) is 0 Å². The quantitative estimate of drug-likeness (QED) is 0.380. The highest BCUT2D eigenvalue weighted by atomic mass is 16.6. The summed E-state index contributed by atoms with van der Waals surface area (Å²) in [6.07, 6.45) is -0.482. The second-order valence-corrected chi connectivity index (χ2v) is 10.2. The van der Waals surface area contributed by atoms with Crippen LogP contribution in [-0.4, -0.2) is 61.8 Å². The zero-order chi connectivity index (χ0) is 25.7. The minimum Gasteiger partial charge on any atom is -0.493 e. The Morgan fingerprint density at radius 3 is 1.97 bits per heavy atom. The van der Waals surface area contributed by atoms with Crippen molar-refractivity contribution in [2.45, 2.75) is 59.2 Å². The van der Waals surface area contributed by atoms with E-state index in [9.17, 15) is 14.4 Å². The highest BCUT2D eigenvalue weighted by Gasteiger charge is 2.30. The lowest BCUT2D eigenvalue weighted by Crippen LogP contribution is -2.44. The maximum atomic E-state index is 12.6. The first kappa shape index (κ1) is 27.0. The zero-order valence-corrected chi connectivity index (χ0v) is 21.4. The lowest BCUT2D eigenvalue weighted by molar-refractivity contribution is 0.000792. The van der Waals surface area contributed by atoms with Crippen molar-refractivity contribution in [2.24, 2.45) is 0 Å². The molecule has 0 unspecified atom stereocenters. The first-order valence-electron chi connectivity index (χ1n) is 11.3. The fraction of sp³-hybridized carbons (Fsp3) is 0.500. The molecule has 2 amide bonds. The van der Waals surface area contributed by atoms with Crippen molar-refractivity contribution >= 4 is 34.9 Å². The summed E-state index contributed by atoms with van der Waals surface area (Å²) in [6.45, 7) is 10.6. The second-order valence-electron chi connectivity index (χ2n) is 10.2. The van der Waals surface area contributed by atoms with E-state index in [4.69, 9.17) is 14.2 Å². The van der Waals surface area contributed by atoms with Gasteiger partial charge < -0.3 is 19.1 Å². The number of imide groups is 1. The fourth-order valence-corrected chi connectivity index (χ4v) is 3.07. The van der Waals surface area contributed by atoms with Gasteiger partial charge in [-0.1, -0.05) is 6.07 Å². The number of rotatable bonds is 7. The summed E-state index contributed by atoms with van der Waals surface area (Å²) in [7, 11) is 3.92. The van der Waals surface area contributed by atoms with Gasteiger partial charge in [0.25, 0.3) is 0 Å². The summed E-state index contributed by atoms with van der Waals surface area (Å²) in [5, 5.41) is 1.87. The van der Waals surface area contributed by atoms with Crippen molar-refractivity contribution in [3.8, 4) is 5.75 Å². The Morgan fingerprint density at radius 1 is 0.882 bits per heavy atom. The van der Waals surface area contributed by atoms with Crippen LogP contribution < -0.4 is 9.64 Å². The molecule has 0 saturated heterocycles. The molecular weight excluding hydrogens is 436 g/mol. The van der Waals surface area contributed by atoms with Gasteiger partial charge in [-0.3, -0.25) is 4.79 Å². The van der Waals surface area contributed by atoms with E-state index in [1.54, 1.807) is 47.6 Å². The molecule has 2 aromatic carbocycles. The molecule has 0 aliphatic carbocycles. The average Bonchev–Trinajstić information content (AvgIpc) is 2.69. The molecule has 0 aliphatic rings. The number of anilines is 1. The predicted octanol–water partition coefficient (Wildman–Crippen LogP) is 5.66. The molecule has 0 fully saturated rings. The summed E-state index contributed by atoms with van der Waals surface area (Å²) in [4.78, 5) is 39.7. The van der Waals surface area contributed by atoms with Crippen LogP contribution in [0.3, 0.4) is 0 Å². The van der Waals surface area contributed by atoms with Gasteiger partial charge >= 0.3 is 12.2 Å². The molecule has 0 heterocycles. The van der Waals surface area contributed by atoms with Crippen molar-refractivity contribution in [1.29, 1.82) is 0 Å². The summed E-state index contributed by atoms with van der Waals surface area (Å²) in [5.74, 6) is 0.444. The van der Waals surface area contributed by atoms with Gasteiger partial charge in [0.05, 0.1) is 12.2 Å². The van der Waals surface area contributed by atoms with Crippen LogP contribution in [0.2, 0.25) is 0 Å². The molecule has 0 saturated carbocycles. The van der Waals surface area contributed by atoms with E-state index >= 15 is 0 Å². The Labute approximate surface area is 201 Å². The number of hydrogen-bond acceptors (Lipinski definition) is 7. The number of aldehydes is 1. The molecule has 0 bridgehead atoms. The average molecular weight is 473 g/mol. The molecular formula is C26H36N2O6. The zero-order valence-electron chi connectivity index (χ0n) is 21.4. The third kappa shape index (κ3) is 7.93. The first-order chi connectivity index (χ1) is 15.7. The second kappa shape index (κ2) is 10.8. The predicted molar refractivity (Wildman–Crippen MR) is 133 cm³/mol. The SMILES string of the molecule is CN(C)c1ccc2cc(C=O)c(OCCCN(C(=O)OC(C)(C)C)C(=O)OC(C)(C)C)cc2c1. The number of hydrogen-bond donors (Lipinski definition) is 0. The van der Waals surface area contributed by atoms with Crippen LogP contribution in [-0.2, 0) is 9.47 Å². The van der Waals surface area contributed by atoms with Gasteiger partial charge in [-0.25, -0.2) is 14.5 Å². The minimum absolute atomic E-state index is 0.0403. The van der Waals surface area contributed by atoms with Crippen molar-refractivity contribution in [3.05, 3.63) is 35.9 Å². The molecule has 2 rings (SSSR count). The smallest absolute Gasteiger partial charge is 0.419 e. The monoisotopic (exact) mass is 472 g/mol. The Bertz CT molecular complexity index is 1010. The summed E-state index contributed by atoms with van der Waals surface area (Å²) < 4.78 is 16.6. The number of carbonyl (C=O) groups is 3. The first-order valence-corrected chi connectivity index (χ1v) is 11.3. The lowest BCUT2D eigenvalue weighted by Gasteiger charge is -2.28. The van der Waals surface area contributed by atoms with E-state index in [1.165, 1.54) is 0 Å². The van der Waals surface area contributed by atoms with Gasteiger partial charge in [-0.15, -0.1) is 0 Å². The molecule has 8 heteroatoms. The van der Waals surface area contributed by atoms with E-state index in [0.717, 1.165) is 27.6 Å². The van der Waals surface area contributed by atoms with Crippen LogP contribution >= 0.6 is 0 Å². The Hall–Kier alpha value is -3.29. The lowest BCUT2D eigenvalue weighted by atomic mass is 10.1. The Morgan fingerprint density at radius 2 is 1.47 bits per heavy atom. The highest BCUT2D eigenvalue weighted by molar-refractivity contribution is 5.94. The molecule has 186 valence electrons. The largest absolute Gasteiger partial charge is 0.493 e. The molecule has 34 heavy (non-hydrogen) atoms. The van der Waals surface area contributed by atoms with Crippen molar-refractivity contribution < 1.29 is 28.6 Å². The third-order valence-corrected chi connectivity index (χ3v) is 4.61. The van der Waals surface area contributed by atoms with Gasteiger partial charge in [0, 0.05) is 26.3 Å². The van der Waals surface area contributed by atoms with Crippen LogP contribution in [0.4, 0.5) is 15.3 Å². The number of benzene rings is 2. The molecule has 2 aromatic rings. The third-order valence-electron chi connectivity index (χ3n) is 4.61. The van der Waals surface area contributed by atoms with Crippen molar-refractivity contribution in [1.82, 2.24) is 4.90 Å². The fourth-order valence-electron chi connectivity index (χ4n) is 3.07. The molecule has 8 nitrogen and oxygen atoms in total. The number of nitrogens with zero attached hydrogens (tertiary/aromatic N) is 2. The minimum atomic E-state index is -0.780. The van der Waals surface area contributed by atoms with Gasteiger partial charge in [0.15, 0.2) is 6.29 Å². The molecule has 0 radical (unpaired) electrons. The van der Waals surface area contributed by atoms with E-state index < -0.39 is 23.4 Å².